The first-order valence-electron chi connectivity index (χ1n) is 11.5. The number of halogens is 1. The van der Waals surface area contributed by atoms with Crippen LogP contribution in [0.2, 0.25) is 0 Å². The Morgan fingerprint density at radius 1 is 1.28 bits per heavy atom. The van der Waals surface area contributed by atoms with Crippen LogP contribution in [-0.4, -0.2) is 49.7 Å². The average Bonchev–Trinajstić information content (AvgIpc) is 3.26. The standard InChI is InChI=1S/C24H28FN5O5S/c1-3-35-24(32)18-13-30(10-8-15-4-6-17(7-5-15)36(27,33)34)22-19(21(18)31)14(2)20(25)23(28-22)29-11-9-16(26)12-29/h4-7,13,16H,3,8-12,26H2,1-2H3,(H2,27,33,34). The molecule has 1 fully saturated rings. The van der Waals surface area contributed by atoms with E-state index in [1.54, 1.807) is 28.5 Å². The van der Waals surface area contributed by atoms with Crippen molar-refractivity contribution in [3.05, 3.63) is 63.2 Å². The number of fused-ring (bicyclic) bond motifs is 1. The number of nitrogens with zero attached hydrogens (tertiary/aromatic N) is 3. The third kappa shape index (κ3) is 4.97. The molecule has 36 heavy (non-hydrogen) atoms. The first-order valence-corrected chi connectivity index (χ1v) is 13.1. The van der Waals surface area contributed by atoms with Gasteiger partial charge in [0.2, 0.25) is 15.5 Å². The van der Waals surface area contributed by atoms with E-state index in [2.05, 4.69) is 4.98 Å². The Bertz CT molecular complexity index is 1490. The molecule has 0 spiro atoms. The van der Waals surface area contributed by atoms with E-state index in [9.17, 15) is 18.0 Å². The molecule has 0 bridgehead atoms. The topological polar surface area (TPSA) is 151 Å². The van der Waals surface area contributed by atoms with Gasteiger partial charge in [0.25, 0.3) is 0 Å². The van der Waals surface area contributed by atoms with Crippen LogP contribution in [-0.2, 0) is 27.7 Å². The van der Waals surface area contributed by atoms with Gasteiger partial charge in [0.1, 0.15) is 11.2 Å². The Morgan fingerprint density at radius 2 is 1.97 bits per heavy atom. The molecule has 0 saturated carbocycles. The normalized spacial score (nSPS) is 16.0. The van der Waals surface area contributed by atoms with E-state index in [-0.39, 0.29) is 52.1 Å². The fourth-order valence-corrected chi connectivity index (χ4v) is 4.87. The van der Waals surface area contributed by atoms with E-state index in [0.29, 0.717) is 25.9 Å². The Kier molecular flexibility index (Phi) is 7.12. The Labute approximate surface area is 207 Å². The summed E-state index contributed by atoms with van der Waals surface area (Å²) >= 11 is 0. The first-order chi connectivity index (χ1) is 17.0. The largest absolute Gasteiger partial charge is 0.462 e. The number of benzene rings is 1. The minimum atomic E-state index is -3.82. The number of carbonyl (C=O) groups excluding carboxylic acids is 1. The van der Waals surface area contributed by atoms with Crippen molar-refractivity contribution in [2.24, 2.45) is 10.9 Å². The van der Waals surface area contributed by atoms with E-state index in [1.165, 1.54) is 25.3 Å². The SMILES string of the molecule is CCOC(=O)c1cn(CCc2ccc(S(N)(=O)=O)cc2)c2nc(N3CCC(N)C3)c(F)c(C)c2c1=O. The number of hydrogen-bond donors (Lipinski definition) is 2. The van der Waals surface area contributed by atoms with Gasteiger partial charge in [-0.2, -0.15) is 0 Å². The van der Waals surface area contributed by atoms with Crippen LogP contribution in [0.3, 0.4) is 0 Å². The number of sulfonamides is 1. The third-order valence-corrected chi connectivity index (χ3v) is 7.21. The second-order valence-corrected chi connectivity index (χ2v) is 10.4. The fraction of sp³-hybridized carbons (Fsp3) is 0.375. The van der Waals surface area contributed by atoms with Crippen LogP contribution in [0, 0.1) is 12.7 Å². The number of aryl methyl sites for hydroxylation is 3. The lowest BCUT2D eigenvalue weighted by molar-refractivity contribution is 0.0524. The monoisotopic (exact) mass is 517 g/mol. The molecule has 3 heterocycles. The zero-order chi connectivity index (χ0) is 26.2. The van der Waals surface area contributed by atoms with Crippen LogP contribution in [0.25, 0.3) is 11.0 Å². The average molecular weight is 518 g/mol. The molecular weight excluding hydrogens is 489 g/mol. The Balaban J connectivity index is 1.82. The Morgan fingerprint density at radius 3 is 2.56 bits per heavy atom. The molecule has 0 amide bonds. The molecule has 4 N–H and O–H groups in total. The van der Waals surface area contributed by atoms with Crippen molar-refractivity contribution in [2.45, 2.75) is 44.2 Å². The zero-order valence-corrected chi connectivity index (χ0v) is 20.8. The van der Waals surface area contributed by atoms with Crippen LogP contribution in [0.15, 0.2) is 40.2 Å². The smallest absolute Gasteiger partial charge is 0.343 e. The van der Waals surface area contributed by atoms with Crippen molar-refractivity contribution in [1.29, 1.82) is 0 Å². The van der Waals surface area contributed by atoms with E-state index in [4.69, 9.17) is 15.6 Å². The Hall–Kier alpha value is -3.35. The van der Waals surface area contributed by atoms with E-state index < -0.39 is 27.2 Å². The molecule has 0 radical (unpaired) electrons. The van der Waals surface area contributed by atoms with Gasteiger partial charge in [0.05, 0.1) is 16.9 Å². The van der Waals surface area contributed by atoms with Crippen molar-refractivity contribution in [2.75, 3.05) is 24.6 Å². The summed E-state index contributed by atoms with van der Waals surface area (Å²) in [6.45, 7) is 4.45. The van der Waals surface area contributed by atoms with Crippen molar-refractivity contribution in [1.82, 2.24) is 9.55 Å². The molecule has 1 atom stereocenters. The van der Waals surface area contributed by atoms with Gasteiger partial charge in [-0.15, -0.1) is 0 Å². The number of hydrogen-bond acceptors (Lipinski definition) is 8. The maximum atomic E-state index is 15.4. The summed E-state index contributed by atoms with van der Waals surface area (Å²) in [5, 5.41) is 5.17. The van der Waals surface area contributed by atoms with Gasteiger partial charge < -0.3 is 19.9 Å². The number of primary sulfonamides is 1. The van der Waals surface area contributed by atoms with Gasteiger partial charge >= 0.3 is 5.97 Å². The molecule has 12 heteroatoms. The number of carbonyl (C=O) groups is 1. The van der Waals surface area contributed by atoms with Crippen LogP contribution in [0.5, 0.6) is 0 Å². The minimum Gasteiger partial charge on any atom is -0.462 e. The highest BCUT2D eigenvalue weighted by atomic mass is 32.2. The zero-order valence-electron chi connectivity index (χ0n) is 20.0. The van der Waals surface area contributed by atoms with Crippen LogP contribution in [0.4, 0.5) is 10.2 Å². The quantitative estimate of drug-likeness (QED) is 0.447. The van der Waals surface area contributed by atoms with Crippen molar-refractivity contribution < 1.29 is 22.3 Å². The van der Waals surface area contributed by atoms with Crippen molar-refractivity contribution in [3.63, 3.8) is 0 Å². The van der Waals surface area contributed by atoms with Crippen LogP contribution < -0.4 is 21.2 Å². The second kappa shape index (κ2) is 9.96. The highest BCUT2D eigenvalue weighted by Gasteiger charge is 2.27. The summed E-state index contributed by atoms with van der Waals surface area (Å²) in [4.78, 5) is 32.0. The van der Waals surface area contributed by atoms with Gasteiger partial charge in [0, 0.05) is 37.4 Å². The maximum absolute atomic E-state index is 15.4. The fourth-order valence-electron chi connectivity index (χ4n) is 4.35. The molecular formula is C24H28FN5O5S. The van der Waals surface area contributed by atoms with Gasteiger partial charge in [-0.05, 0) is 44.4 Å². The molecule has 1 aliphatic heterocycles. The highest BCUT2D eigenvalue weighted by Crippen LogP contribution is 2.28. The van der Waals surface area contributed by atoms with E-state index in [1.807, 2.05) is 0 Å². The predicted molar refractivity (Wildman–Crippen MR) is 133 cm³/mol. The lowest BCUT2D eigenvalue weighted by Crippen LogP contribution is -2.29. The lowest BCUT2D eigenvalue weighted by Gasteiger charge is -2.21. The molecule has 1 aliphatic rings. The molecule has 1 saturated heterocycles. The third-order valence-electron chi connectivity index (χ3n) is 6.28. The maximum Gasteiger partial charge on any atom is 0.343 e. The number of ether oxygens (including phenoxy) is 1. The van der Waals surface area contributed by atoms with Crippen molar-refractivity contribution in [3.8, 4) is 0 Å². The molecule has 1 unspecified atom stereocenters. The van der Waals surface area contributed by atoms with Gasteiger partial charge in [0.15, 0.2) is 11.6 Å². The number of esters is 1. The minimum absolute atomic E-state index is 0.00844. The van der Waals surface area contributed by atoms with Crippen LogP contribution in [0.1, 0.15) is 34.8 Å². The second-order valence-electron chi connectivity index (χ2n) is 8.79. The number of rotatable bonds is 7. The molecule has 192 valence electrons. The van der Waals surface area contributed by atoms with Gasteiger partial charge in [-0.1, -0.05) is 12.1 Å². The predicted octanol–water partition coefficient (Wildman–Crippen LogP) is 1.45. The molecule has 0 aliphatic carbocycles. The molecule has 4 rings (SSSR count). The molecule has 10 nitrogen and oxygen atoms in total. The summed E-state index contributed by atoms with van der Waals surface area (Å²) in [6.07, 6.45) is 2.49. The first kappa shape index (κ1) is 25.7. The number of anilines is 1. The highest BCUT2D eigenvalue weighted by molar-refractivity contribution is 7.89. The molecule has 2 aromatic heterocycles. The lowest BCUT2D eigenvalue weighted by atomic mass is 10.1. The summed E-state index contributed by atoms with van der Waals surface area (Å²) in [5.41, 5.74) is 6.27. The van der Waals surface area contributed by atoms with E-state index >= 15 is 4.39 Å². The summed E-state index contributed by atoms with van der Waals surface area (Å²) in [6, 6.07) is 5.98. The number of aromatic nitrogens is 2. The van der Waals surface area contributed by atoms with Crippen molar-refractivity contribution >= 4 is 32.8 Å². The molecule has 1 aromatic carbocycles. The van der Waals surface area contributed by atoms with E-state index in [0.717, 1.165) is 5.56 Å². The van der Waals surface area contributed by atoms with Gasteiger partial charge in [-0.3, -0.25) is 4.79 Å². The molecule has 3 aromatic rings. The number of nitrogens with two attached hydrogens (primary N) is 2. The summed E-state index contributed by atoms with van der Waals surface area (Å²) in [7, 11) is -3.82. The summed E-state index contributed by atoms with van der Waals surface area (Å²) in [5.74, 6) is -1.31. The number of pyridine rings is 2. The summed E-state index contributed by atoms with van der Waals surface area (Å²) < 4.78 is 45.2. The van der Waals surface area contributed by atoms with Crippen LogP contribution >= 0.6 is 0 Å². The van der Waals surface area contributed by atoms with Gasteiger partial charge in [-0.25, -0.2) is 27.7 Å².